The molecule has 1 heterocycles. The highest BCUT2D eigenvalue weighted by atomic mass is 79.9. The van der Waals surface area contributed by atoms with Gasteiger partial charge in [0, 0.05) is 36.9 Å². The van der Waals surface area contributed by atoms with Crippen molar-refractivity contribution in [1.82, 2.24) is 0 Å². The first-order valence-corrected chi connectivity index (χ1v) is 6.50. The number of nitro benzene ring substituents is 1. The predicted molar refractivity (Wildman–Crippen MR) is 77.8 cm³/mol. The molecule has 1 unspecified atom stereocenters. The number of aryl methyl sites for hydroxylation is 1. The third-order valence-corrected chi connectivity index (χ3v) is 3.24. The minimum Gasteiger partial charge on any atom is -1.00 e. The number of hydrogen-bond donors (Lipinski definition) is 1. The lowest BCUT2D eigenvalue weighted by molar-refractivity contribution is -0.705. The van der Waals surface area contributed by atoms with Crippen molar-refractivity contribution in [2.45, 2.75) is 19.9 Å². The second-order valence-corrected chi connectivity index (χ2v) is 4.74. The third-order valence-electron chi connectivity index (χ3n) is 3.24. The lowest BCUT2D eigenvalue weighted by Gasteiger charge is -2.10. The van der Waals surface area contributed by atoms with Crippen molar-refractivity contribution < 1.29 is 31.3 Å². The van der Waals surface area contributed by atoms with E-state index in [1.54, 1.807) is 24.5 Å². The van der Waals surface area contributed by atoms with Crippen molar-refractivity contribution in [3.05, 3.63) is 64.5 Å². The number of nitro groups is 1. The van der Waals surface area contributed by atoms with Crippen LogP contribution in [0.15, 0.2) is 48.8 Å². The van der Waals surface area contributed by atoms with E-state index >= 15 is 0 Å². The molecule has 7 heteroatoms. The molecule has 0 aliphatic heterocycles. The molecule has 0 bridgehead atoms. The molecule has 116 valence electrons. The second-order valence-electron chi connectivity index (χ2n) is 4.74. The first-order chi connectivity index (χ1) is 9.99. The quantitative estimate of drug-likeness (QED) is 0.446. The topological polar surface area (TPSA) is 76.1 Å². The Hall–Kier alpha value is -2.28. The molecule has 1 atom stereocenters. The normalized spacial score (nSPS) is 11.2. The van der Waals surface area contributed by atoms with Crippen LogP contribution in [0.3, 0.4) is 0 Å². The van der Waals surface area contributed by atoms with Gasteiger partial charge in [-0.05, 0) is 18.6 Å². The maximum absolute atomic E-state index is 12.2. The smallest absolute Gasteiger partial charge is 0.293 e. The zero-order valence-corrected chi connectivity index (χ0v) is 13.8. The molecule has 0 radical (unpaired) electrons. The molecule has 2 rings (SSSR count). The van der Waals surface area contributed by atoms with E-state index in [9.17, 15) is 14.9 Å². The van der Waals surface area contributed by atoms with E-state index in [1.165, 1.54) is 12.1 Å². The van der Waals surface area contributed by atoms with Crippen LogP contribution in [0.1, 0.15) is 18.5 Å². The van der Waals surface area contributed by atoms with Gasteiger partial charge in [-0.3, -0.25) is 14.9 Å². The van der Waals surface area contributed by atoms with Crippen LogP contribution >= 0.6 is 0 Å². The first-order valence-electron chi connectivity index (χ1n) is 6.50. The lowest BCUT2D eigenvalue weighted by atomic mass is 10.1. The van der Waals surface area contributed by atoms with Crippen molar-refractivity contribution in [2.75, 3.05) is 5.32 Å². The number of carbonyl (C=O) groups excluding carboxylic acids is 1. The van der Waals surface area contributed by atoms with E-state index < -0.39 is 4.92 Å². The van der Waals surface area contributed by atoms with E-state index in [0.29, 0.717) is 11.3 Å². The highest BCUT2D eigenvalue weighted by Gasteiger charge is 2.22. The molecule has 0 aliphatic carbocycles. The van der Waals surface area contributed by atoms with E-state index in [2.05, 4.69) is 5.32 Å². The molecular formula is C15H16BrN3O3. The van der Waals surface area contributed by atoms with E-state index in [0.717, 1.165) is 0 Å². The second kappa shape index (κ2) is 7.65. The number of hydrogen-bond acceptors (Lipinski definition) is 3. The fraction of sp³-hybridized carbons (Fsp3) is 0.200. The highest BCUT2D eigenvalue weighted by Crippen LogP contribution is 2.21. The summed E-state index contributed by atoms with van der Waals surface area (Å²) in [5.41, 5.74) is 1.24. The van der Waals surface area contributed by atoms with Crippen LogP contribution in [-0.2, 0) is 4.79 Å². The molecule has 1 N–H and O–H groups in total. The van der Waals surface area contributed by atoms with Gasteiger partial charge < -0.3 is 22.3 Å². The van der Waals surface area contributed by atoms with Crippen LogP contribution in [-0.4, -0.2) is 10.8 Å². The lowest BCUT2D eigenvalue weighted by Crippen LogP contribution is -3.00. The molecule has 1 aromatic carbocycles. The number of aromatic nitrogens is 1. The molecule has 0 aliphatic rings. The Labute approximate surface area is 138 Å². The fourth-order valence-electron chi connectivity index (χ4n) is 1.94. The summed E-state index contributed by atoms with van der Waals surface area (Å²) >= 11 is 0. The maximum Gasteiger partial charge on any atom is 0.293 e. The number of anilines is 1. The monoisotopic (exact) mass is 365 g/mol. The van der Waals surface area contributed by atoms with Crippen LogP contribution in [0.4, 0.5) is 11.4 Å². The minimum absolute atomic E-state index is 0. The van der Waals surface area contributed by atoms with Crippen LogP contribution < -0.4 is 26.9 Å². The molecule has 0 spiro atoms. The van der Waals surface area contributed by atoms with Gasteiger partial charge in [0.15, 0.2) is 12.4 Å². The highest BCUT2D eigenvalue weighted by molar-refractivity contribution is 5.93. The Morgan fingerprint density at radius 2 is 1.91 bits per heavy atom. The standard InChI is InChI=1S/C15H15N3O3.BrH/c1-11-10-13(18(20)21)6-7-14(11)16-15(19)12(2)17-8-4-3-5-9-17;/h3-10,12H,1-2H3;1H. The number of rotatable bonds is 4. The summed E-state index contributed by atoms with van der Waals surface area (Å²) in [6, 6.07) is 9.57. The molecule has 6 nitrogen and oxygen atoms in total. The molecule has 0 saturated carbocycles. The fourth-order valence-corrected chi connectivity index (χ4v) is 1.94. The summed E-state index contributed by atoms with van der Waals surface area (Å²) in [6.07, 6.45) is 3.62. The van der Waals surface area contributed by atoms with Gasteiger partial charge in [-0.25, -0.2) is 0 Å². The van der Waals surface area contributed by atoms with Gasteiger partial charge in [-0.1, -0.05) is 6.07 Å². The molecule has 1 aromatic heterocycles. The van der Waals surface area contributed by atoms with Crippen LogP contribution in [0.2, 0.25) is 0 Å². The largest absolute Gasteiger partial charge is 1.00 e. The predicted octanol–water partition coefficient (Wildman–Crippen LogP) is -0.606. The van der Waals surface area contributed by atoms with Crippen molar-refractivity contribution in [2.24, 2.45) is 0 Å². The van der Waals surface area contributed by atoms with Crippen molar-refractivity contribution >= 4 is 17.3 Å². The molecule has 1 amide bonds. The Balaban J connectivity index is 0.00000242. The van der Waals surface area contributed by atoms with Crippen molar-refractivity contribution in [1.29, 1.82) is 0 Å². The van der Waals surface area contributed by atoms with Gasteiger partial charge in [0.05, 0.1) is 4.92 Å². The van der Waals surface area contributed by atoms with Gasteiger partial charge in [-0.2, -0.15) is 4.57 Å². The summed E-state index contributed by atoms with van der Waals surface area (Å²) in [5.74, 6) is -0.178. The SMILES string of the molecule is Cc1cc([N+](=O)[O-])ccc1NC(=O)C(C)[n+]1ccccc1.[Br-]. The summed E-state index contributed by atoms with van der Waals surface area (Å²) < 4.78 is 1.79. The summed E-state index contributed by atoms with van der Waals surface area (Å²) in [6.45, 7) is 3.51. The summed E-state index contributed by atoms with van der Waals surface area (Å²) in [4.78, 5) is 22.5. The first kappa shape index (κ1) is 17.8. The molecule has 22 heavy (non-hydrogen) atoms. The average molecular weight is 366 g/mol. The van der Waals surface area contributed by atoms with Gasteiger partial charge in [0.2, 0.25) is 6.04 Å². The Bertz CT molecular complexity index is 677. The molecule has 0 saturated heterocycles. The van der Waals surface area contributed by atoms with E-state index in [4.69, 9.17) is 0 Å². The van der Waals surface area contributed by atoms with Gasteiger partial charge in [-0.15, -0.1) is 0 Å². The van der Waals surface area contributed by atoms with Crippen molar-refractivity contribution in [3.8, 4) is 0 Å². The van der Waals surface area contributed by atoms with Crippen LogP contribution in [0.5, 0.6) is 0 Å². The number of halogens is 1. The average Bonchev–Trinajstić information content (AvgIpc) is 2.49. The zero-order valence-electron chi connectivity index (χ0n) is 12.2. The number of nitrogens with one attached hydrogen (secondary N) is 1. The number of non-ortho nitro benzene ring substituents is 1. The molecular weight excluding hydrogens is 350 g/mol. The Kier molecular flexibility index (Phi) is 6.18. The number of benzene rings is 1. The number of amides is 1. The number of nitrogens with zero attached hydrogens (tertiary/aromatic N) is 2. The van der Waals surface area contributed by atoms with Crippen LogP contribution in [0.25, 0.3) is 0 Å². The number of carbonyl (C=O) groups is 1. The Morgan fingerprint density at radius 3 is 2.45 bits per heavy atom. The van der Waals surface area contributed by atoms with Crippen molar-refractivity contribution in [3.63, 3.8) is 0 Å². The minimum atomic E-state index is -0.457. The van der Waals surface area contributed by atoms with Gasteiger partial charge in [0.25, 0.3) is 11.6 Å². The molecule has 0 fully saturated rings. The van der Waals surface area contributed by atoms with E-state index in [1.807, 2.05) is 30.6 Å². The third kappa shape index (κ3) is 4.11. The zero-order chi connectivity index (χ0) is 15.4. The van der Waals surface area contributed by atoms with Crippen LogP contribution in [0, 0.1) is 17.0 Å². The maximum atomic E-state index is 12.2. The number of pyridine rings is 1. The van der Waals surface area contributed by atoms with Gasteiger partial charge in [0.1, 0.15) is 0 Å². The van der Waals surface area contributed by atoms with Gasteiger partial charge >= 0.3 is 0 Å². The van der Waals surface area contributed by atoms with E-state index in [-0.39, 0.29) is 34.6 Å². The summed E-state index contributed by atoms with van der Waals surface area (Å²) in [7, 11) is 0. The Morgan fingerprint density at radius 1 is 1.27 bits per heavy atom. The summed E-state index contributed by atoms with van der Waals surface area (Å²) in [5, 5.41) is 13.5. The molecule has 2 aromatic rings.